The molecule has 2 aromatic rings. The number of nitrogens with zero attached hydrogens (tertiary/aromatic N) is 2. The van der Waals surface area contributed by atoms with Gasteiger partial charge in [-0.3, -0.25) is 14.5 Å². The number of ketones is 1. The Bertz CT molecular complexity index is 1040. The van der Waals surface area contributed by atoms with Crippen molar-refractivity contribution in [3.63, 3.8) is 0 Å². The molecule has 0 saturated heterocycles. The number of aromatic nitrogens is 1. The maximum Gasteiger partial charge on any atom is 0.296 e. The summed E-state index contributed by atoms with van der Waals surface area (Å²) in [5.74, 6) is -0.205. The van der Waals surface area contributed by atoms with E-state index in [9.17, 15) is 9.59 Å². The Balaban J connectivity index is 1.67. The minimum absolute atomic E-state index is 0.0433. The second kappa shape index (κ2) is 6.96. The molecule has 5 rings (SSSR count). The molecule has 1 amide bonds. The highest BCUT2D eigenvalue weighted by molar-refractivity contribution is 7.15. The van der Waals surface area contributed by atoms with Crippen molar-refractivity contribution >= 4 is 39.8 Å². The number of carbonyl (C=O) groups is 2. The van der Waals surface area contributed by atoms with Crippen LogP contribution in [0.15, 0.2) is 35.6 Å². The Labute approximate surface area is 178 Å². The van der Waals surface area contributed by atoms with Gasteiger partial charge < -0.3 is 4.74 Å². The summed E-state index contributed by atoms with van der Waals surface area (Å²) < 4.78 is 6.18. The van der Waals surface area contributed by atoms with Crippen LogP contribution in [-0.2, 0) is 14.3 Å². The molecule has 0 spiro atoms. The van der Waals surface area contributed by atoms with Gasteiger partial charge in [0.15, 0.2) is 16.7 Å². The normalized spacial score (nSPS) is 26.4. The molecule has 1 aliphatic carbocycles. The Morgan fingerprint density at radius 2 is 2.00 bits per heavy atom. The first-order valence-electron chi connectivity index (χ1n) is 9.94. The van der Waals surface area contributed by atoms with Gasteiger partial charge in [0.05, 0.1) is 23.2 Å². The molecular weight excluding hydrogens is 408 g/mol. The summed E-state index contributed by atoms with van der Waals surface area (Å²) in [6, 6.07) is 6.79. The van der Waals surface area contributed by atoms with E-state index < -0.39 is 6.04 Å². The average Bonchev–Trinajstić information content (AvgIpc) is 3.19. The molecule has 3 atom stereocenters. The average molecular weight is 429 g/mol. The highest BCUT2D eigenvalue weighted by atomic mass is 35.5. The topological polar surface area (TPSA) is 59.5 Å². The summed E-state index contributed by atoms with van der Waals surface area (Å²) in [5.41, 5.74) is 2.15. The second-order valence-electron chi connectivity index (χ2n) is 7.93. The lowest BCUT2D eigenvalue weighted by molar-refractivity contribution is -0.131. The van der Waals surface area contributed by atoms with Crippen molar-refractivity contribution in [2.24, 2.45) is 5.92 Å². The molecule has 1 aromatic carbocycles. The smallest absolute Gasteiger partial charge is 0.296 e. The first kappa shape index (κ1) is 18.8. The number of ether oxygens (including phenoxy) is 1. The van der Waals surface area contributed by atoms with Gasteiger partial charge in [0.1, 0.15) is 6.10 Å². The fraction of sp³-hybridized carbons (Fsp3) is 0.409. The summed E-state index contributed by atoms with van der Waals surface area (Å²) in [5, 5.41) is 1.15. The largest absolute Gasteiger partial charge is 0.483 e. The molecule has 1 aromatic heterocycles. The summed E-state index contributed by atoms with van der Waals surface area (Å²) in [7, 11) is 0. The van der Waals surface area contributed by atoms with Crippen LogP contribution in [0.2, 0.25) is 5.02 Å². The number of Topliss-reactive ketones (excluding diaryl/α,β-unsaturated/α-hetero) is 1. The summed E-state index contributed by atoms with van der Waals surface area (Å²) >= 11 is 7.71. The fourth-order valence-electron chi connectivity index (χ4n) is 4.59. The van der Waals surface area contributed by atoms with Crippen molar-refractivity contribution in [2.75, 3.05) is 4.90 Å². The number of carbonyl (C=O) groups excluding carboxylic acids is 2. The van der Waals surface area contributed by atoms with Crippen molar-refractivity contribution in [3.8, 4) is 0 Å². The van der Waals surface area contributed by atoms with Crippen LogP contribution in [0.4, 0.5) is 5.13 Å². The van der Waals surface area contributed by atoms with E-state index >= 15 is 0 Å². The molecule has 2 aliphatic heterocycles. The van der Waals surface area contributed by atoms with Crippen molar-refractivity contribution in [1.29, 1.82) is 0 Å². The number of amides is 1. The standard InChI is InChI=1S/C22H21ClN2O3S/c1-11-12(2)29-22(24-11)25-18(13-6-5-7-14(23)10-13)17-19(26)15-8-3-4-9-16(15)28-20(17)21(25)27/h5-7,10,15-16,18H,3-4,8-9H2,1-2H3. The van der Waals surface area contributed by atoms with Crippen molar-refractivity contribution in [3.05, 3.63) is 56.8 Å². The molecule has 5 nitrogen and oxygen atoms in total. The zero-order chi connectivity index (χ0) is 20.3. The maximum absolute atomic E-state index is 13.5. The van der Waals surface area contributed by atoms with E-state index in [1.807, 2.05) is 32.0 Å². The lowest BCUT2D eigenvalue weighted by atomic mass is 9.77. The number of hydrogen-bond donors (Lipinski definition) is 0. The number of aryl methyl sites for hydroxylation is 2. The van der Waals surface area contributed by atoms with E-state index in [4.69, 9.17) is 16.3 Å². The molecule has 3 unspecified atom stereocenters. The Morgan fingerprint density at radius 3 is 2.72 bits per heavy atom. The van der Waals surface area contributed by atoms with Crippen molar-refractivity contribution < 1.29 is 14.3 Å². The minimum Gasteiger partial charge on any atom is -0.483 e. The predicted octanol–water partition coefficient (Wildman–Crippen LogP) is 4.91. The first-order chi connectivity index (χ1) is 14.0. The van der Waals surface area contributed by atoms with Crippen LogP contribution in [0.1, 0.15) is 47.9 Å². The van der Waals surface area contributed by atoms with E-state index in [0.717, 1.165) is 41.8 Å². The van der Waals surface area contributed by atoms with Crippen LogP contribution in [0.3, 0.4) is 0 Å². The zero-order valence-electron chi connectivity index (χ0n) is 16.3. The molecule has 0 N–H and O–H groups in total. The molecule has 1 saturated carbocycles. The third kappa shape index (κ3) is 2.92. The van der Waals surface area contributed by atoms with Crippen LogP contribution in [-0.4, -0.2) is 22.8 Å². The van der Waals surface area contributed by atoms with Gasteiger partial charge in [0.25, 0.3) is 5.91 Å². The monoisotopic (exact) mass is 428 g/mol. The second-order valence-corrected chi connectivity index (χ2v) is 9.54. The Hall–Kier alpha value is -2.18. The first-order valence-corrected chi connectivity index (χ1v) is 11.1. The lowest BCUT2D eigenvalue weighted by Crippen LogP contribution is -2.39. The third-order valence-corrected chi connectivity index (χ3v) is 7.46. The molecular formula is C22H21ClN2O3S. The quantitative estimate of drug-likeness (QED) is 0.681. The maximum atomic E-state index is 13.5. The molecule has 150 valence electrons. The molecule has 0 radical (unpaired) electrons. The summed E-state index contributed by atoms with van der Waals surface area (Å²) in [6.07, 6.45) is 3.48. The number of fused-ring (bicyclic) bond motifs is 1. The van der Waals surface area contributed by atoms with Crippen LogP contribution >= 0.6 is 22.9 Å². The van der Waals surface area contributed by atoms with Crippen LogP contribution in [0.25, 0.3) is 0 Å². The number of hydrogen-bond acceptors (Lipinski definition) is 5. The van der Waals surface area contributed by atoms with E-state index in [2.05, 4.69) is 4.98 Å². The summed E-state index contributed by atoms with van der Waals surface area (Å²) in [6.45, 7) is 3.91. The molecule has 1 fully saturated rings. The zero-order valence-corrected chi connectivity index (χ0v) is 17.8. The Kier molecular flexibility index (Phi) is 4.51. The molecule has 3 aliphatic rings. The molecule has 3 heterocycles. The molecule has 0 bridgehead atoms. The van der Waals surface area contributed by atoms with E-state index in [1.165, 1.54) is 11.3 Å². The number of halogens is 1. The van der Waals surface area contributed by atoms with Gasteiger partial charge in [0.2, 0.25) is 0 Å². The van der Waals surface area contributed by atoms with Gasteiger partial charge in [-0.2, -0.15) is 0 Å². The van der Waals surface area contributed by atoms with Gasteiger partial charge in [-0.1, -0.05) is 30.2 Å². The lowest BCUT2D eigenvalue weighted by Gasteiger charge is -2.35. The van der Waals surface area contributed by atoms with Crippen molar-refractivity contribution in [1.82, 2.24) is 4.98 Å². The van der Waals surface area contributed by atoms with Gasteiger partial charge in [-0.25, -0.2) is 4.98 Å². The van der Waals surface area contributed by atoms with Crippen molar-refractivity contribution in [2.45, 2.75) is 51.7 Å². The number of rotatable bonds is 2. The van der Waals surface area contributed by atoms with Gasteiger partial charge in [0, 0.05) is 9.90 Å². The minimum atomic E-state index is -0.559. The van der Waals surface area contributed by atoms with Crippen LogP contribution in [0, 0.1) is 19.8 Å². The number of anilines is 1. The van der Waals surface area contributed by atoms with E-state index in [-0.39, 0.29) is 29.5 Å². The highest BCUT2D eigenvalue weighted by Gasteiger charge is 2.53. The highest BCUT2D eigenvalue weighted by Crippen LogP contribution is 2.49. The van der Waals surface area contributed by atoms with Crippen LogP contribution < -0.4 is 4.90 Å². The van der Waals surface area contributed by atoms with E-state index in [0.29, 0.717) is 15.7 Å². The summed E-state index contributed by atoms with van der Waals surface area (Å²) in [4.78, 5) is 34.3. The molecule has 29 heavy (non-hydrogen) atoms. The Morgan fingerprint density at radius 1 is 1.21 bits per heavy atom. The third-order valence-electron chi connectivity index (χ3n) is 6.15. The van der Waals surface area contributed by atoms with Crippen LogP contribution in [0.5, 0.6) is 0 Å². The molecule has 7 heteroatoms. The predicted molar refractivity (Wildman–Crippen MR) is 112 cm³/mol. The number of thiazole rings is 1. The number of benzene rings is 1. The van der Waals surface area contributed by atoms with E-state index in [1.54, 1.807) is 11.0 Å². The van der Waals surface area contributed by atoms with Gasteiger partial charge in [-0.15, -0.1) is 11.3 Å². The SMILES string of the molecule is Cc1nc(N2C(=O)C3=C(C(=O)C4CCCCC4O3)C2c2cccc(Cl)c2)sc1C. The van der Waals surface area contributed by atoms with Gasteiger partial charge >= 0.3 is 0 Å². The van der Waals surface area contributed by atoms with Gasteiger partial charge in [-0.05, 0) is 50.8 Å². The fourth-order valence-corrected chi connectivity index (χ4v) is 5.73.